The molecule has 0 radical (unpaired) electrons. The van der Waals surface area contributed by atoms with Crippen LogP contribution in [-0.2, 0) is 6.54 Å². The number of imidazole rings is 1. The number of nitrogens with zero attached hydrogens (tertiary/aromatic N) is 2. The summed E-state index contributed by atoms with van der Waals surface area (Å²) in [4.78, 5) is 16.9. The normalized spacial score (nSPS) is 10.1. The molecule has 88 valence electrons. The van der Waals surface area contributed by atoms with Gasteiger partial charge >= 0.3 is 0 Å². The van der Waals surface area contributed by atoms with E-state index in [4.69, 9.17) is 5.73 Å². The summed E-state index contributed by atoms with van der Waals surface area (Å²) in [5.74, 6) is 0. The minimum atomic E-state index is -0.506. The van der Waals surface area contributed by atoms with Gasteiger partial charge in [-0.25, -0.2) is 4.98 Å². The number of rotatable bonds is 4. The molecule has 0 aliphatic rings. The number of hydrogen-bond acceptors (Lipinski definition) is 5. The Morgan fingerprint density at radius 1 is 1.53 bits per heavy atom. The number of H-pyrrole nitrogens is 1. The first-order valence-electron chi connectivity index (χ1n) is 4.92. The fourth-order valence-electron chi connectivity index (χ4n) is 1.41. The molecule has 2 aromatic rings. The highest BCUT2D eigenvalue weighted by Crippen LogP contribution is 2.24. The monoisotopic (exact) mass is 233 g/mol. The van der Waals surface area contributed by atoms with Crippen molar-refractivity contribution in [2.24, 2.45) is 0 Å². The van der Waals surface area contributed by atoms with Crippen LogP contribution in [0.15, 0.2) is 30.7 Å². The molecule has 0 spiro atoms. The van der Waals surface area contributed by atoms with Gasteiger partial charge in [0.25, 0.3) is 5.69 Å². The predicted molar refractivity (Wildman–Crippen MR) is 63.4 cm³/mol. The van der Waals surface area contributed by atoms with E-state index in [0.717, 1.165) is 11.4 Å². The summed E-state index contributed by atoms with van der Waals surface area (Å²) in [6.45, 7) is 0.553. The maximum Gasteiger partial charge on any atom is 0.292 e. The highest BCUT2D eigenvalue weighted by atomic mass is 16.6. The summed E-state index contributed by atoms with van der Waals surface area (Å²) in [6.07, 6.45) is 3.28. The molecule has 0 unspecified atom stereocenters. The second kappa shape index (κ2) is 4.52. The molecule has 7 nitrogen and oxygen atoms in total. The van der Waals surface area contributed by atoms with Crippen LogP contribution in [0.1, 0.15) is 5.69 Å². The molecule has 2 rings (SSSR count). The summed E-state index contributed by atoms with van der Waals surface area (Å²) < 4.78 is 0. The number of benzene rings is 1. The zero-order valence-corrected chi connectivity index (χ0v) is 8.88. The Balaban J connectivity index is 2.07. The average Bonchev–Trinajstić information content (AvgIpc) is 2.78. The first-order valence-corrected chi connectivity index (χ1v) is 4.92. The Labute approximate surface area is 96.8 Å². The molecule has 17 heavy (non-hydrogen) atoms. The van der Waals surface area contributed by atoms with Crippen molar-refractivity contribution < 1.29 is 4.92 Å². The lowest BCUT2D eigenvalue weighted by molar-refractivity contribution is -0.383. The first kappa shape index (κ1) is 10.9. The number of aromatic nitrogens is 2. The van der Waals surface area contributed by atoms with E-state index >= 15 is 0 Å². The quantitative estimate of drug-likeness (QED) is 0.421. The van der Waals surface area contributed by atoms with Gasteiger partial charge in [0.15, 0.2) is 0 Å². The predicted octanol–water partition coefficient (Wildman–Crippen LogP) is 1.51. The van der Waals surface area contributed by atoms with Crippen molar-refractivity contribution in [3.63, 3.8) is 0 Å². The van der Waals surface area contributed by atoms with Gasteiger partial charge in [0.05, 0.1) is 23.5 Å². The number of nitrogens with two attached hydrogens (primary N) is 1. The van der Waals surface area contributed by atoms with Crippen molar-refractivity contribution in [2.75, 3.05) is 11.1 Å². The van der Waals surface area contributed by atoms with Crippen molar-refractivity contribution in [2.45, 2.75) is 6.54 Å². The standard InChI is InChI=1S/C10H11N5O2/c11-9-3-7(1-2-10(9)15(16)17)13-5-8-4-12-6-14-8/h1-4,6,13H,5,11H2,(H,12,14). The molecule has 0 fully saturated rings. The molecule has 1 aromatic carbocycles. The summed E-state index contributed by atoms with van der Waals surface area (Å²) in [5, 5.41) is 13.6. The summed E-state index contributed by atoms with van der Waals surface area (Å²) in [6, 6.07) is 4.53. The largest absolute Gasteiger partial charge is 0.393 e. The van der Waals surface area contributed by atoms with Crippen molar-refractivity contribution >= 4 is 17.1 Å². The number of nitro groups is 1. The molecular weight excluding hydrogens is 222 g/mol. The summed E-state index contributed by atoms with van der Waals surface area (Å²) in [7, 11) is 0. The molecule has 0 amide bonds. The Bertz CT molecular complexity index is 523. The van der Waals surface area contributed by atoms with Crippen LogP contribution in [0.5, 0.6) is 0 Å². The van der Waals surface area contributed by atoms with Crippen molar-refractivity contribution in [1.29, 1.82) is 0 Å². The minimum Gasteiger partial charge on any atom is -0.393 e. The number of hydrogen-bond donors (Lipinski definition) is 3. The SMILES string of the molecule is Nc1cc(NCc2cnc[nH]2)ccc1[N+](=O)[O-]. The van der Waals surface area contributed by atoms with Crippen LogP contribution in [0.2, 0.25) is 0 Å². The number of nitrogen functional groups attached to an aromatic ring is 1. The molecular formula is C10H11N5O2. The van der Waals surface area contributed by atoms with Crippen molar-refractivity contribution in [1.82, 2.24) is 9.97 Å². The molecule has 0 saturated heterocycles. The molecule has 1 aromatic heterocycles. The van der Waals surface area contributed by atoms with E-state index in [2.05, 4.69) is 15.3 Å². The first-order chi connectivity index (χ1) is 8.16. The van der Waals surface area contributed by atoms with E-state index in [1.807, 2.05) is 0 Å². The third-order valence-electron chi connectivity index (χ3n) is 2.26. The Morgan fingerprint density at radius 2 is 2.35 bits per heavy atom. The van der Waals surface area contributed by atoms with Crippen LogP contribution >= 0.6 is 0 Å². The average molecular weight is 233 g/mol. The number of anilines is 2. The van der Waals surface area contributed by atoms with Crippen LogP contribution in [-0.4, -0.2) is 14.9 Å². The summed E-state index contributed by atoms with van der Waals surface area (Å²) in [5.41, 5.74) is 7.27. The Kier molecular flexibility index (Phi) is 2.91. The molecule has 4 N–H and O–H groups in total. The van der Waals surface area contributed by atoms with Gasteiger partial charge in [0, 0.05) is 18.0 Å². The van der Waals surface area contributed by atoms with Crippen molar-refractivity contribution in [3.05, 3.63) is 46.5 Å². The van der Waals surface area contributed by atoms with Gasteiger partial charge in [-0.05, 0) is 12.1 Å². The van der Waals surface area contributed by atoms with Gasteiger partial charge in [-0.15, -0.1) is 0 Å². The lowest BCUT2D eigenvalue weighted by Crippen LogP contribution is -2.01. The molecule has 0 aliphatic carbocycles. The fraction of sp³-hybridized carbons (Fsp3) is 0.100. The lowest BCUT2D eigenvalue weighted by atomic mass is 10.2. The number of nitrogens with one attached hydrogen (secondary N) is 2. The highest BCUT2D eigenvalue weighted by molar-refractivity contribution is 5.65. The summed E-state index contributed by atoms with van der Waals surface area (Å²) >= 11 is 0. The molecule has 1 heterocycles. The van der Waals surface area contributed by atoms with Gasteiger partial charge in [-0.1, -0.05) is 0 Å². The topological polar surface area (TPSA) is 110 Å². The Morgan fingerprint density at radius 3 is 2.94 bits per heavy atom. The molecule has 7 heteroatoms. The lowest BCUT2D eigenvalue weighted by Gasteiger charge is -2.05. The highest BCUT2D eigenvalue weighted by Gasteiger charge is 2.10. The second-order valence-corrected chi connectivity index (χ2v) is 3.46. The molecule has 0 aliphatic heterocycles. The number of aromatic amines is 1. The van der Waals surface area contributed by atoms with Gasteiger partial charge in [-0.2, -0.15) is 0 Å². The van der Waals surface area contributed by atoms with Crippen LogP contribution in [0.4, 0.5) is 17.1 Å². The fourth-order valence-corrected chi connectivity index (χ4v) is 1.41. The van der Waals surface area contributed by atoms with E-state index in [1.54, 1.807) is 18.6 Å². The smallest absolute Gasteiger partial charge is 0.292 e. The maximum absolute atomic E-state index is 10.6. The van der Waals surface area contributed by atoms with E-state index in [1.165, 1.54) is 12.1 Å². The van der Waals surface area contributed by atoms with E-state index < -0.39 is 4.92 Å². The molecule has 0 saturated carbocycles. The number of nitro benzene ring substituents is 1. The van der Waals surface area contributed by atoms with Gasteiger partial charge in [-0.3, -0.25) is 10.1 Å². The maximum atomic E-state index is 10.6. The zero-order valence-electron chi connectivity index (χ0n) is 8.88. The van der Waals surface area contributed by atoms with Crippen LogP contribution < -0.4 is 11.1 Å². The third kappa shape index (κ3) is 2.51. The van der Waals surface area contributed by atoms with Gasteiger partial charge < -0.3 is 16.0 Å². The molecule has 0 atom stereocenters. The van der Waals surface area contributed by atoms with Crippen molar-refractivity contribution in [3.8, 4) is 0 Å². The van der Waals surface area contributed by atoms with E-state index in [9.17, 15) is 10.1 Å². The zero-order chi connectivity index (χ0) is 12.3. The van der Waals surface area contributed by atoms with E-state index in [0.29, 0.717) is 6.54 Å². The third-order valence-corrected chi connectivity index (χ3v) is 2.26. The van der Waals surface area contributed by atoms with Crippen LogP contribution in [0.3, 0.4) is 0 Å². The second-order valence-electron chi connectivity index (χ2n) is 3.46. The van der Waals surface area contributed by atoms with Crippen LogP contribution in [0.25, 0.3) is 0 Å². The van der Waals surface area contributed by atoms with Crippen LogP contribution in [0, 0.1) is 10.1 Å². The van der Waals surface area contributed by atoms with E-state index in [-0.39, 0.29) is 11.4 Å². The van der Waals surface area contributed by atoms with Gasteiger partial charge in [0.2, 0.25) is 0 Å². The Hall–Kier alpha value is -2.57. The molecule has 0 bridgehead atoms. The minimum absolute atomic E-state index is 0.0860. The van der Waals surface area contributed by atoms with Gasteiger partial charge in [0.1, 0.15) is 5.69 Å².